The lowest BCUT2D eigenvalue weighted by atomic mass is 10.1. The molecule has 1 unspecified atom stereocenters. The molecular weight excluding hydrogens is 226 g/mol. The fraction of sp³-hybridized carbons (Fsp3) is 0.636. The summed E-state index contributed by atoms with van der Waals surface area (Å²) in [6, 6.07) is 1.87. The van der Waals surface area contributed by atoms with Gasteiger partial charge in [0, 0.05) is 25.2 Å². The molecule has 1 aliphatic carbocycles. The van der Waals surface area contributed by atoms with Crippen molar-refractivity contribution in [3.63, 3.8) is 0 Å². The van der Waals surface area contributed by atoms with E-state index in [0.717, 1.165) is 18.4 Å². The number of hydrogen-bond acceptors (Lipinski definition) is 3. The zero-order valence-electron chi connectivity index (χ0n) is 9.33. The lowest BCUT2D eigenvalue weighted by molar-refractivity contribution is 0.154. The lowest BCUT2D eigenvalue weighted by Crippen LogP contribution is -2.09. The van der Waals surface area contributed by atoms with Crippen molar-refractivity contribution < 1.29 is 13.5 Å². The van der Waals surface area contributed by atoms with Gasteiger partial charge in [0.25, 0.3) is 0 Å². The summed E-state index contributed by atoms with van der Waals surface area (Å²) in [5.74, 6) is 0.548. The topological polar surface area (TPSA) is 59.3 Å². The van der Waals surface area contributed by atoms with Crippen LogP contribution in [0.15, 0.2) is 18.5 Å². The average Bonchev–Trinajstić information content (AvgIpc) is 2.92. The van der Waals surface area contributed by atoms with Crippen molar-refractivity contribution in [1.29, 1.82) is 0 Å². The van der Waals surface area contributed by atoms with Crippen molar-refractivity contribution in [3.05, 3.63) is 24.0 Å². The second-order valence-electron chi connectivity index (χ2n) is 4.59. The molecule has 90 valence electrons. The monoisotopic (exact) mass is 243 g/mol. The maximum Gasteiger partial charge on any atom is 0.149 e. The highest BCUT2D eigenvalue weighted by molar-refractivity contribution is 7.90. The van der Waals surface area contributed by atoms with Crippen LogP contribution in [-0.4, -0.2) is 30.1 Å². The van der Waals surface area contributed by atoms with Crippen LogP contribution in [0.2, 0.25) is 0 Å². The van der Waals surface area contributed by atoms with Crippen LogP contribution in [0.25, 0.3) is 0 Å². The van der Waals surface area contributed by atoms with E-state index in [2.05, 4.69) is 0 Å². The third-order valence-electron chi connectivity index (χ3n) is 2.90. The molecule has 0 aromatic carbocycles. The highest BCUT2D eigenvalue weighted by atomic mass is 32.2. The zero-order valence-corrected chi connectivity index (χ0v) is 10.2. The number of hydrogen-bond donors (Lipinski definition) is 1. The van der Waals surface area contributed by atoms with Crippen molar-refractivity contribution >= 4 is 9.84 Å². The van der Waals surface area contributed by atoms with Crippen molar-refractivity contribution in [3.8, 4) is 0 Å². The Kier molecular flexibility index (Phi) is 3.08. The third kappa shape index (κ3) is 3.09. The van der Waals surface area contributed by atoms with E-state index in [1.54, 1.807) is 0 Å². The third-order valence-corrected chi connectivity index (χ3v) is 3.83. The van der Waals surface area contributed by atoms with E-state index in [1.807, 2.05) is 23.0 Å². The van der Waals surface area contributed by atoms with E-state index in [9.17, 15) is 13.5 Å². The Balaban J connectivity index is 1.96. The van der Waals surface area contributed by atoms with Crippen LogP contribution in [-0.2, 0) is 16.4 Å². The van der Waals surface area contributed by atoms with Gasteiger partial charge in [0.2, 0.25) is 0 Å². The molecule has 5 heteroatoms. The maximum absolute atomic E-state index is 11.0. The van der Waals surface area contributed by atoms with Crippen LogP contribution in [0.3, 0.4) is 0 Å². The van der Waals surface area contributed by atoms with Crippen molar-refractivity contribution in [2.75, 3.05) is 12.0 Å². The molecule has 0 aliphatic heterocycles. The summed E-state index contributed by atoms with van der Waals surface area (Å²) in [6.07, 6.45) is 6.71. The predicted molar refractivity (Wildman–Crippen MR) is 61.8 cm³/mol. The van der Waals surface area contributed by atoms with Gasteiger partial charge in [0.1, 0.15) is 9.84 Å². The molecule has 2 rings (SSSR count). The molecule has 1 N–H and O–H groups in total. The van der Waals surface area contributed by atoms with Gasteiger partial charge in [-0.05, 0) is 30.4 Å². The molecular formula is C11H17NO3S. The van der Waals surface area contributed by atoms with Gasteiger partial charge in [0.05, 0.1) is 11.9 Å². The molecule has 0 radical (unpaired) electrons. The standard InChI is InChI=1S/C11H17NO3S/c1-16(14,15)7-6-12-5-4-10(8-12)11(13)9-2-3-9/h4-5,8-9,11,13H,2-3,6-7H2,1H3. The molecule has 0 bridgehead atoms. The zero-order chi connectivity index (χ0) is 11.8. The minimum atomic E-state index is -2.92. The largest absolute Gasteiger partial charge is 0.388 e. The van der Waals surface area contributed by atoms with Gasteiger partial charge in [-0.1, -0.05) is 0 Å². The molecule has 1 aromatic rings. The van der Waals surface area contributed by atoms with Gasteiger partial charge in [0.15, 0.2) is 0 Å². The quantitative estimate of drug-likeness (QED) is 0.838. The highest BCUT2D eigenvalue weighted by Crippen LogP contribution is 2.40. The van der Waals surface area contributed by atoms with Crippen LogP contribution in [0.1, 0.15) is 24.5 Å². The summed E-state index contributed by atoms with van der Waals surface area (Å²) in [5, 5.41) is 9.87. The van der Waals surface area contributed by atoms with Crippen molar-refractivity contribution in [1.82, 2.24) is 4.57 Å². The summed E-state index contributed by atoms with van der Waals surface area (Å²) >= 11 is 0. The van der Waals surface area contributed by atoms with Crippen LogP contribution in [0.5, 0.6) is 0 Å². The smallest absolute Gasteiger partial charge is 0.149 e. The van der Waals surface area contributed by atoms with Crippen LogP contribution < -0.4 is 0 Å². The summed E-state index contributed by atoms with van der Waals surface area (Å²) in [7, 11) is -2.92. The first-order valence-electron chi connectivity index (χ1n) is 5.47. The van der Waals surface area contributed by atoms with E-state index in [4.69, 9.17) is 0 Å². The molecule has 0 amide bonds. The van der Waals surface area contributed by atoms with E-state index in [0.29, 0.717) is 12.5 Å². The molecule has 4 nitrogen and oxygen atoms in total. The molecule has 16 heavy (non-hydrogen) atoms. The SMILES string of the molecule is CS(=O)(=O)CCn1ccc(C(O)C2CC2)c1. The second-order valence-corrected chi connectivity index (χ2v) is 6.85. The number of aliphatic hydroxyl groups excluding tert-OH is 1. The minimum absolute atomic E-state index is 0.140. The Morgan fingerprint density at radius 2 is 2.25 bits per heavy atom. The van der Waals surface area contributed by atoms with Crippen LogP contribution in [0.4, 0.5) is 0 Å². The number of nitrogens with zero attached hydrogens (tertiary/aromatic N) is 1. The molecule has 1 aliphatic rings. The van der Waals surface area contributed by atoms with Gasteiger partial charge in [-0.2, -0.15) is 0 Å². The number of aromatic nitrogens is 1. The molecule has 0 spiro atoms. The molecule has 1 saturated carbocycles. The number of sulfone groups is 1. The van der Waals surface area contributed by atoms with E-state index >= 15 is 0 Å². The van der Waals surface area contributed by atoms with Crippen LogP contribution in [0, 0.1) is 5.92 Å². The first-order chi connectivity index (χ1) is 7.46. The number of aliphatic hydroxyl groups is 1. The molecule has 1 atom stereocenters. The first-order valence-corrected chi connectivity index (χ1v) is 7.53. The summed E-state index contributed by atoms with van der Waals surface area (Å²) in [4.78, 5) is 0. The Morgan fingerprint density at radius 1 is 1.56 bits per heavy atom. The minimum Gasteiger partial charge on any atom is -0.388 e. The van der Waals surface area contributed by atoms with Crippen molar-refractivity contribution in [2.45, 2.75) is 25.5 Å². The normalized spacial score (nSPS) is 18.6. The molecule has 1 heterocycles. The van der Waals surface area contributed by atoms with Gasteiger partial charge in [-0.3, -0.25) is 0 Å². The number of aryl methyl sites for hydroxylation is 1. The number of rotatable bonds is 5. The summed E-state index contributed by atoms with van der Waals surface area (Å²) < 4.78 is 23.8. The van der Waals surface area contributed by atoms with Gasteiger partial charge in [-0.25, -0.2) is 8.42 Å². The predicted octanol–water partition coefficient (Wildman–Crippen LogP) is 0.976. The van der Waals surface area contributed by atoms with Crippen LogP contribution >= 0.6 is 0 Å². The van der Waals surface area contributed by atoms with E-state index < -0.39 is 9.84 Å². The Bertz CT molecular complexity index is 459. The average molecular weight is 243 g/mol. The van der Waals surface area contributed by atoms with Gasteiger partial charge in [-0.15, -0.1) is 0 Å². The van der Waals surface area contributed by atoms with Crippen molar-refractivity contribution in [2.24, 2.45) is 5.92 Å². The van der Waals surface area contributed by atoms with Gasteiger partial charge >= 0.3 is 0 Å². The second kappa shape index (κ2) is 4.22. The summed E-state index contributed by atoms with van der Waals surface area (Å²) in [5.41, 5.74) is 0.899. The first kappa shape index (κ1) is 11.7. The highest BCUT2D eigenvalue weighted by Gasteiger charge is 2.31. The van der Waals surface area contributed by atoms with E-state index in [-0.39, 0.29) is 11.9 Å². The molecule has 0 saturated heterocycles. The van der Waals surface area contributed by atoms with Gasteiger partial charge < -0.3 is 9.67 Å². The maximum atomic E-state index is 11.0. The van der Waals surface area contributed by atoms with E-state index in [1.165, 1.54) is 6.26 Å². The summed E-state index contributed by atoms with van der Waals surface area (Å²) in [6.45, 7) is 0.455. The fourth-order valence-corrected chi connectivity index (χ4v) is 2.27. The Hall–Kier alpha value is -0.810. The fourth-order valence-electron chi connectivity index (χ4n) is 1.73. The molecule has 1 aromatic heterocycles. The Morgan fingerprint density at radius 3 is 2.81 bits per heavy atom. The molecule has 1 fully saturated rings. The Labute approximate surface area is 95.8 Å². The lowest BCUT2D eigenvalue weighted by Gasteiger charge is -2.06.